The van der Waals surface area contributed by atoms with Crippen LogP contribution < -0.4 is 10.6 Å². The Morgan fingerprint density at radius 2 is 2.00 bits per heavy atom. The van der Waals surface area contributed by atoms with E-state index in [0.29, 0.717) is 24.4 Å². The molecule has 0 unspecified atom stereocenters. The molecule has 0 aromatic carbocycles. The third-order valence-corrected chi connectivity index (χ3v) is 4.74. The van der Waals surface area contributed by atoms with Crippen LogP contribution in [0.3, 0.4) is 0 Å². The SMILES string of the molecule is CC(C)CNC(=O)NC(=O)CSc1nnc(C2CC2)n1C1CC1. The Hall–Kier alpha value is -1.57. The molecule has 7 nitrogen and oxygen atoms in total. The van der Waals surface area contributed by atoms with Gasteiger partial charge < -0.3 is 9.88 Å². The van der Waals surface area contributed by atoms with E-state index >= 15 is 0 Å². The number of hydrogen-bond donors (Lipinski definition) is 2. The summed E-state index contributed by atoms with van der Waals surface area (Å²) < 4.78 is 2.20. The van der Waals surface area contributed by atoms with Gasteiger partial charge in [-0.15, -0.1) is 10.2 Å². The molecule has 126 valence electrons. The Morgan fingerprint density at radius 3 is 2.61 bits per heavy atom. The summed E-state index contributed by atoms with van der Waals surface area (Å²) in [5.74, 6) is 1.83. The molecule has 1 heterocycles. The summed E-state index contributed by atoms with van der Waals surface area (Å²) in [6.45, 7) is 4.55. The third-order valence-electron chi connectivity index (χ3n) is 3.80. The fraction of sp³-hybridized carbons (Fsp3) is 0.733. The number of carbonyl (C=O) groups excluding carboxylic acids is 2. The van der Waals surface area contributed by atoms with Gasteiger partial charge in [-0.1, -0.05) is 25.6 Å². The normalized spacial score (nSPS) is 17.3. The zero-order chi connectivity index (χ0) is 16.4. The van der Waals surface area contributed by atoms with Crippen molar-refractivity contribution in [3.63, 3.8) is 0 Å². The second kappa shape index (κ2) is 6.90. The lowest BCUT2D eigenvalue weighted by Crippen LogP contribution is -2.41. The van der Waals surface area contributed by atoms with Gasteiger partial charge in [0.1, 0.15) is 5.82 Å². The van der Waals surface area contributed by atoms with Crippen LogP contribution >= 0.6 is 11.8 Å². The zero-order valence-corrected chi connectivity index (χ0v) is 14.4. The predicted octanol–water partition coefficient (Wildman–Crippen LogP) is 2.06. The quantitative estimate of drug-likeness (QED) is 0.744. The number of imide groups is 1. The lowest BCUT2D eigenvalue weighted by molar-refractivity contribution is -0.117. The molecule has 0 radical (unpaired) electrons. The fourth-order valence-electron chi connectivity index (χ4n) is 2.32. The van der Waals surface area contributed by atoms with E-state index < -0.39 is 6.03 Å². The lowest BCUT2D eigenvalue weighted by Gasteiger charge is -2.09. The van der Waals surface area contributed by atoms with Crippen molar-refractivity contribution in [2.75, 3.05) is 12.3 Å². The maximum Gasteiger partial charge on any atom is 0.321 e. The second-order valence-corrected chi connectivity index (χ2v) is 7.60. The molecule has 0 aliphatic heterocycles. The van der Waals surface area contributed by atoms with Gasteiger partial charge in [0.15, 0.2) is 5.16 Å². The van der Waals surface area contributed by atoms with Gasteiger partial charge in [-0.3, -0.25) is 10.1 Å². The molecule has 23 heavy (non-hydrogen) atoms. The average Bonchev–Trinajstić information content (AvgIpc) is 3.41. The topological polar surface area (TPSA) is 88.9 Å². The van der Waals surface area contributed by atoms with Gasteiger partial charge >= 0.3 is 6.03 Å². The first kappa shape index (κ1) is 16.3. The van der Waals surface area contributed by atoms with E-state index in [0.717, 1.165) is 23.8 Å². The van der Waals surface area contributed by atoms with Gasteiger partial charge in [0, 0.05) is 18.5 Å². The molecule has 1 aromatic rings. The number of nitrogens with zero attached hydrogens (tertiary/aromatic N) is 3. The Labute approximate surface area is 140 Å². The Bertz CT molecular complexity index is 593. The summed E-state index contributed by atoms with van der Waals surface area (Å²) in [6.07, 6.45) is 4.70. The van der Waals surface area contributed by atoms with Gasteiger partial charge in [0.05, 0.1) is 5.75 Å². The van der Waals surface area contributed by atoms with Crippen molar-refractivity contribution in [3.8, 4) is 0 Å². The van der Waals surface area contributed by atoms with Crippen LogP contribution in [0.15, 0.2) is 5.16 Å². The first-order valence-electron chi connectivity index (χ1n) is 8.20. The first-order chi connectivity index (χ1) is 11.0. The molecular weight excluding hydrogens is 314 g/mol. The molecular formula is C15H23N5O2S. The zero-order valence-electron chi connectivity index (χ0n) is 13.5. The molecule has 1 aromatic heterocycles. The summed E-state index contributed by atoms with van der Waals surface area (Å²) in [5.41, 5.74) is 0. The standard InChI is InChI=1S/C15H23N5O2S/c1-9(2)7-16-14(22)17-12(21)8-23-15-19-18-13(10-3-4-10)20(15)11-5-6-11/h9-11H,3-8H2,1-2H3,(H2,16,17,21,22). The van der Waals surface area contributed by atoms with Crippen molar-refractivity contribution in [2.45, 2.75) is 56.6 Å². The van der Waals surface area contributed by atoms with E-state index in [4.69, 9.17) is 0 Å². The Kier molecular flexibility index (Phi) is 4.89. The van der Waals surface area contributed by atoms with Crippen LogP contribution in [0.5, 0.6) is 0 Å². The molecule has 0 saturated heterocycles. The minimum atomic E-state index is -0.438. The highest BCUT2D eigenvalue weighted by molar-refractivity contribution is 7.99. The molecule has 2 aliphatic carbocycles. The predicted molar refractivity (Wildman–Crippen MR) is 87.4 cm³/mol. The fourth-order valence-corrected chi connectivity index (χ4v) is 3.13. The van der Waals surface area contributed by atoms with Crippen molar-refractivity contribution in [3.05, 3.63) is 5.82 Å². The monoisotopic (exact) mass is 337 g/mol. The van der Waals surface area contributed by atoms with Crippen LogP contribution in [0.2, 0.25) is 0 Å². The first-order valence-corrected chi connectivity index (χ1v) is 9.18. The number of nitrogens with one attached hydrogen (secondary N) is 2. The van der Waals surface area contributed by atoms with E-state index in [1.165, 1.54) is 24.6 Å². The minimum Gasteiger partial charge on any atom is -0.338 e. The maximum atomic E-state index is 11.9. The maximum absolute atomic E-state index is 11.9. The van der Waals surface area contributed by atoms with Crippen LogP contribution in [0.4, 0.5) is 4.79 Å². The van der Waals surface area contributed by atoms with Crippen LogP contribution in [0.25, 0.3) is 0 Å². The molecule has 0 spiro atoms. The van der Waals surface area contributed by atoms with E-state index in [-0.39, 0.29) is 11.7 Å². The number of hydrogen-bond acceptors (Lipinski definition) is 5. The van der Waals surface area contributed by atoms with E-state index in [2.05, 4.69) is 25.4 Å². The van der Waals surface area contributed by atoms with Crippen LogP contribution in [-0.2, 0) is 4.79 Å². The van der Waals surface area contributed by atoms with Crippen molar-refractivity contribution < 1.29 is 9.59 Å². The minimum absolute atomic E-state index is 0.171. The Morgan fingerprint density at radius 1 is 1.26 bits per heavy atom. The van der Waals surface area contributed by atoms with Gasteiger partial charge in [-0.05, 0) is 31.6 Å². The summed E-state index contributed by atoms with van der Waals surface area (Å²) in [5, 5.41) is 14.4. The van der Waals surface area contributed by atoms with Crippen LogP contribution in [0.1, 0.15) is 57.3 Å². The van der Waals surface area contributed by atoms with Crippen LogP contribution in [-0.4, -0.2) is 39.0 Å². The number of thioether (sulfide) groups is 1. The summed E-state index contributed by atoms with van der Waals surface area (Å²) in [6, 6.07) is 0.0622. The van der Waals surface area contributed by atoms with Gasteiger partial charge in [-0.2, -0.15) is 0 Å². The molecule has 8 heteroatoms. The molecule has 0 bridgehead atoms. The number of aromatic nitrogens is 3. The molecule has 2 aliphatic rings. The summed E-state index contributed by atoms with van der Waals surface area (Å²) in [7, 11) is 0. The highest BCUT2D eigenvalue weighted by atomic mass is 32.2. The van der Waals surface area contributed by atoms with Gasteiger partial charge in [0.25, 0.3) is 0 Å². The average molecular weight is 337 g/mol. The summed E-state index contributed by atoms with van der Waals surface area (Å²) >= 11 is 1.35. The smallest absolute Gasteiger partial charge is 0.321 e. The molecule has 2 N–H and O–H groups in total. The summed E-state index contributed by atoms with van der Waals surface area (Å²) in [4.78, 5) is 23.4. The van der Waals surface area contributed by atoms with Crippen molar-refractivity contribution in [1.82, 2.24) is 25.4 Å². The van der Waals surface area contributed by atoms with Gasteiger partial charge in [0.2, 0.25) is 5.91 Å². The number of rotatable bonds is 7. The number of urea groups is 1. The molecule has 0 atom stereocenters. The Balaban J connectivity index is 1.50. The van der Waals surface area contributed by atoms with E-state index in [1.807, 2.05) is 13.8 Å². The van der Waals surface area contributed by atoms with E-state index in [9.17, 15) is 9.59 Å². The largest absolute Gasteiger partial charge is 0.338 e. The molecule has 2 fully saturated rings. The molecule has 2 saturated carbocycles. The third kappa shape index (κ3) is 4.46. The van der Waals surface area contributed by atoms with Crippen molar-refractivity contribution in [2.24, 2.45) is 5.92 Å². The van der Waals surface area contributed by atoms with Crippen LogP contribution in [0, 0.1) is 5.92 Å². The van der Waals surface area contributed by atoms with E-state index in [1.54, 1.807) is 0 Å². The highest BCUT2D eigenvalue weighted by Gasteiger charge is 2.36. The van der Waals surface area contributed by atoms with Crippen molar-refractivity contribution in [1.29, 1.82) is 0 Å². The molecule has 3 rings (SSSR count). The van der Waals surface area contributed by atoms with Gasteiger partial charge in [-0.25, -0.2) is 4.79 Å². The number of amides is 3. The lowest BCUT2D eigenvalue weighted by atomic mass is 10.2. The number of carbonyl (C=O) groups is 2. The van der Waals surface area contributed by atoms with Crippen molar-refractivity contribution >= 4 is 23.7 Å². The highest BCUT2D eigenvalue weighted by Crippen LogP contribution is 2.45. The molecule has 3 amide bonds. The second-order valence-electron chi connectivity index (χ2n) is 6.66.